The predicted molar refractivity (Wildman–Crippen MR) is 96.7 cm³/mol. The molecule has 0 bridgehead atoms. The number of carbonyl (C=O) groups is 3. The summed E-state index contributed by atoms with van der Waals surface area (Å²) < 4.78 is 6.88. The van der Waals surface area contributed by atoms with E-state index in [0.29, 0.717) is 5.56 Å². The van der Waals surface area contributed by atoms with Crippen molar-refractivity contribution in [3.63, 3.8) is 0 Å². The minimum absolute atomic E-state index is 0.106. The van der Waals surface area contributed by atoms with Gasteiger partial charge in [-0.2, -0.15) is 0 Å². The summed E-state index contributed by atoms with van der Waals surface area (Å²) in [4.78, 5) is 35.9. The van der Waals surface area contributed by atoms with E-state index in [0.717, 1.165) is 36.6 Å². The first-order valence-electron chi connectivity index (χ1n) is 8.86. The zero-order valence-electron chi connectivity index (χ0n) is 14.8. The molecule has 26 heavy (non-hydrogen) atoms. The molecule has 1 fully saturated rings. The van der Waals surface area contributed by atoms with Gasteiger partial charge in [0.25, 0.3) is 5.91 Å². The number of hydrogen-bond donors (Lipinski definition) is 2. The van der Waals surface area contributed by atoms with Gasteiger partial charge in [0.1, 0.15) is 0 Å². The molecule has 1 aliphatic carbocycles. The van der Waals surface area contributed by atoms with E-state index in [4.69, 9.17) is 4.74 Å². The van der Waals surface area contributed by atoms with Gasteiger partial charge < -0.3 is 14.6 Å². The summed E-state index contributed by atoms with van der Waals surface area (Å²) in [7, 11) is 1.83. The second kappa shape index (κ2) is 8.03. The summed E-state index contributed by atoms with van der Waals surface area (Å²) >= 11 is 0. The van der Waals surface area contributed by atoms with Crippen molar-refractivity contribution in [2.24, 2.45) is 7.05 Å². The van der Waals surface area contributed by atoms with E-state index in [9.17, 15) is 14.4 Å². The molecule has 2 aromatic rings. The Kier molecular flexibility index (Phi) is 5.55. The number of aryl methyl sites for hydroxylation is 1. The number of nitrogens with one attached hydrogen (secondary N) is 2. The molecule has 7 heteroatoms. The van der Waals surface area contributed by atoms with Gasteiger partial charge in [-0.1, -0.05) is 37.5 Å². The zero-order chi connectivity index (χ0) is 18.5. The Morgan fingerprint density at radius 3 is 2.65 bits per heavy atom. The molecule has 3 amide bonds. The molecule has 1 saturated carbocycles. The lowest BCUT2D eigenvalue weighted by molar-refractivity contribution is -0.123. The Bertz CT molecular complexity index is 821. The second-order valence-corrected chi connectivity index (χ2v) is 6.60. The number of esters is 1. The molecule has 0 saturated heterocycles. The molecule has 1 heterocycles. The Hall–Kier alpha value is -2.83. The van der Waals surface area contributed by atoms with E-state index >= 15 is 0 Å². The highest BCUT2D eigenvalue weighted by atomic mass is 16.5. The van der Waals surface area contributed by atoms with Gasteiger partial charge >= 0.3 is 12.0 Å². The SMILES string of the molecule is Cn1cc(C(=O)OCC(=O)NC(=O)NC2CCCCC2)c2ccccc21. The molecule has 138 valence electrons. The van der Waals surface area contributed by atoms with Gasteiger partial charge in [0.2, 0.25) is 0 Å². The lowest BCUT2D eigenvalue weighted by atomic mass is 9.96. The molecular formula is C19H23N3O4. The monoisotopic (exact) mass is 357 g/mol. The molecule has 0 aliphatic heterocycles. The van der Waals surface area contributed by atoms with Gasteiger partial charge in [-0.25, -0.2) is 9.59 Å². The fraction of sp³-hybridized carbons (Fsp3) is 0.421. The van der Waals surface area contributed by atoms with Crippen LogP contribution in [0.1, 0.15) is 42.5 Å². The molecule has 0 spiro atoms. The maximum Gasteiger partial charge on any atom is 0.340 e. The van der Waals surface area contributed by atoms with Crippen LogP contribution in [0.5, 0.6) is 0 Å². The summed E-state index contributed by atoms with van der Waals surface area (Å²) in [5.41, 5.74) is 1.29. The number of imide groups is 1. The van der Waals surface area contributed by atoms with E-state index in [2.05, 4.69) is 10.6 Å². The third kappa shape index (κ3) is 4.22. The van der Waals surface area contributed by atoms with E-state index in [1.807, 2.05) is 35.9 Å². The number of carbonyl (C=O) groups excluding carboxylic acids is 3. The van der Waals surface area contributed by atoms with Crippen LogP contribution < -0.4 is 10.6 Å². The van der Waals surface area contributed by atoms with Gasteiger partial charge in [0, 0.05) is 30.2 Å². The predicted octanol–water partition coefficient (Wildman–Crippen LogP) is 2.49. The molecule has 1 aromatic heterocycles. The van der Waals surface area contributed by atoms with E-state index in [1.54, 1.807) is 6.20 Å². The zero-order valence-corrected chi connectivity index (χ0v) is 14.8. The number of ether oxygens (including phenoxy) is 1. The van der Waals surface area contributed by atoms with Crippen LogP contribution in [-0.4, -0.2) is 35.1 Å². The lowest BCUT2D eigenvalue weighted by Gasteiger charge is -2.22. The number of rotatable bonds is 4. The van der Waals surface area contributed by atoms with Crippen LogP contribution in [-0.2, 0) is 16.6 Å². The van der Waals surface area contributed by atoms with E-state index in [-0.39, 0.29) is 6.04 Å². The van der Waals surface area contributed by atoms with Crippen molar-refractivity contribution in [2.75, 3.05) is 6.61 Å². The second-order valence-electron chi connectivity index (χ2n) is 6.60. The van der Waals surface area contributed by atoms with Crippen LogP contribution >= 0.6 is 0 Å². The van der Waals surface area contributed by atoms with Crippen molar-refractivity contribution in [1.82, 2.24) is 15.2 Å². The van der Waals surface area contributed by atoms with Crippen molar-refractivity contribution in [3.8, 4) is 0 Å². The first-order chi connectivity index (χ1) is 12.5. The van der Waals surface area contributed by atoms with Crippen LogP contribution in [0.2, 0.25) is 0 Å². The molecule has 0 atom stereocenters. The third-order valence-electron chi connectivity index (χ3n) is 4.64. The number of para-hydroxylation sites is 1. The van der Waals surface area contributed by atoms with Crippen molar-refractivity contribution in [2.45, 2.75) is 38.1 Å². The maximum atomic E-state index is 12.3. The summed E-state index contributed by atoms with van der Waals surface area (Å²) in [5, 5.41) is 5.75. The van der Waals surface area contributed by atoms with Gasteiger partial charge in [-0.3, -0.25) is 10.1 Å². The summed E-state index contributed by atoms with van der Waals surface area (Å²) in [6.07, 6.45) is 6.88. The van der Waals surface area contributed by atoms with Crippen LogP contribution in [0.15, 0.2) is 30.5 Å². The number of nitrogens with zero attached hydrogens (tertiary/aromatic N) is 1. The van der Waals surface area contributed by atoms with Crippen molar-refractivity contribution in [3.05, 3.63) is 36.0 Å². The molecule has 1 aromatic carbocycles. The van der Waals surface area contributed by atoms with Crippen molar-refractivity contribution in [1.29, 1.82) is 0 Å². The minimum atomic E-state index is -0.646. The average Bonchev–Trinajstić information content (AvgIpc) is 2.98. The molecule has 7 nitrogen and oxygen atoms in total. The van der Waals surface area contributed by atoms with Crippen LogP contribution in [0.25, 0.3) is 10.9 Å². The Morgan fingerprint density at radius 2 is 1.88 bits per heavy atom. The summed E-state index contributed by atoms with van der Waals surface area (Å²) in [6, 6.07) is 7.01. The first-order valence-corrected chi connectivity index (χ1v) is 8.86. The van der Waals surface area contributed by atoms with Crippen molar-refractivity contribution < 1.29 is 19.1 Å². The normalized spacial score (nSPS) is 14.8. The minimum Gasteiger partial charge on any atom is -0.452 e. The number of aromatic nitrogens is 1. The Labute approximate surface area is 151 Å². The van der Waals surface area contributed by atoms with Crippen LogP contribution in [0.4, 0.5) is 4.79 Å². The third-order valence-corrected chi connectivity index (χ3v) is 4.64. The summed E-state index contributed by atoms with van der Waals surface area (Å²) in [6.45, 7) is -0.500. The van der Waals surface area contributed by atoms with E-state index in [1.165, 1.54) is 6.42 Å². The topological polar surface area (TPSA) is 89.4 Å². The molecular weight excluding hydrogens is 334 g/mol. The number of hydrogen-bond acceptors (Lipinski definition) is 4. The average molecular weight is 357 g/mol. The van der Waals surface area contributed by atoms with Gasteiger partial charge in [-0.05, 0) is 18.9 Å². The van der Waals surface area contributed by atoms with Crippen molar-refractivity contribution >= 4 is 28.8 Å². The quantitative estimate of drug-likeness (QED) is 0.823. The summed E-state index contributed by atoms with van der Waals surface area (Å²) in [5.74, 6) is -1.24. The maximum absolute atomic E-state index is 12.3. The number of urea groups is 1. The molecule has 1 aliphatic rings. The van der Waals surface area contributed by atoms with Gasteiger partial charge in [0.15, 0.2) is 6.61 Å². The van der Waals surface area contributed by atoms with Crippen LogP contribution in [0, 0.1) is 0 Å². The number of benzene rings is 1. The molecule has 3 rings (SSSR count). The fourth-order valence-corrected chi connectivity index (χ4v) is 3.34. The highest BCUT2D eigenvalue weighted by molar-refractivity contribution is 6.05. The fourth-order valence-electron chi connectivity index (χ4n) is 3.34. The van der Waals surface area contributed by atoms with Gasteiger partial charge in [-0.15, -0.1) is 0 Å². The lowest BCUT2D eigenvalue weighted by Crippen LogP contribution is -2.46. The van der Waals surface area contributed by atoms with Crippen LogP contribution in [0.3, 0.4) is 0 Å². The highest BCUT2D eigenvalue weighted by Gasteiger charge is 2.19. The standard InChI is InChI=1S/C19H23N3O4/c1-22-11-15(14-9-5-6-10-16(14)22)18(24)26-12-17(23)21-19(25)20-13-7-3-2-4-8-13/h5-6,9-11,13H,2-4,7-8,12H2,1H3,(H2,20,21,23,25). The molecule has 0 radical (unpaired) electrons. The van der Waals surface area contributed by atoms with E-state index < -0.39 is 24.5 Å². The van der Waals surface area contributed by atoms with Gasteiger partial charge in [0.05, 0.1) is 5.56 Å². The Morgan fingerprint density at radius 1 is 1.15 bits per heavy atom. The highest BCUT2D eigenvalue weighted by Crippen LogP contribution is 2.21. The smallest absolute Gasteiger partial charge is 0.340 e. The largest absolute Gasteiger partial charge is 0.452 e. The number of amides is 3. The first kappa shape index (κ1) is 18.0. The Balaban J connectivity index is 1.50. The number of fused-ring (bicyclic) bond motifs is 1. The molecule has 2 N–H and O–H groups in total. The molecule has 0 unspecified atom stereocenters.